The van der Waals surface area contributed by atoms with Crippen molar-refractivity contribution in [1.29, 1.82) is 0 Å². The predicted octanol–water partition coefficient (Wildman–Crippen LogP) is 3.03. The van der Waals surface area contributed by atoms with Gasteiger partial charge in [-0.1, -0.05) is 36.4 Å². The first-order chi connectivity index (χ1) is 13.4. The van der Waals surface area contributed by atoms with Crippen molar-refractivity contribution in [3.63, 3.8) is 0 Å². The van der Waals surface area contributed by atoms with Crippen molar-refractivity contribution in [2.24, 2.45) is 0 Å². The normalized spacial score (nSPS) is 20.9. The van der Waals surface area contributed by atoms with E-state index in [4.69, 9.17) is 0 Å². The minimum Gasteiger partial charge on any atom is -0.324 e. The van der Waals surface area contributed by atoms with Crippen molar-refractivity contribution >= 4 is 23.5 Å². The quantitative estimate of drug-likeness (QED) is 0.807. The maximum atomic E-state index is 13.2. The van der Waals surface area contributed by atoms with Crippen LogP contribution in [0.15, 0.2) is 42.5 Å². The van der Waals surface area contributed by atoms with E-state index in [1.54, 1.807) is 0 Å². The lowest BCUT2D eigenvalue weighted by molar-refractivity contribution is -0.134. The second-order valence-corrected chi connectivity index (χ2v) is 7.53. The molecular formula is C22H23N3O3. The highest BCUT2D eigenvalue weighted by Gasteiger charge is 2.54. The summed E-state index contributed by atoms with van der Waals surface area (Å²) in [5.74, 6) is -0.737. The average molecular weight is 377 g/mol. The van der Waals surface area contributed by atoms with Gasteiger partial charge in [-0.25, -0.2) is 4.79 Å². The number of aryl methyl sites for hydroxylation is 2. The zero-order chi connectivity index (χ0) is 19.9. The monoisotopic (exact) mass is 377 g/mol. The number of amides is 4. The van der Waals surface area contributed by atoms with Crippen LogP contribution in [0.1, 0.15) is 35.1 Å². The summed E-state index contributed by atoms with van der Waals surface area (Å²) in [5, 5.41) is 5.69. The van der Waals surface area contributed by atoms with Gasteiger partial charge >= 0.3 is 6.03 Å². The minimum absolute atomic E-state index is 0.304. The Morgan fingerprint density at radius 3 is 2.75 bits per heavy atom. The molecule has 1 aliphatic carbocycles. The van der Waals surface area contributed by atoms with Crippen LogP contribution < -0.4 is 10.6 Å². The highest BCUT2D eigenvalue weighted by molar-refractivity contribution is 6.10. The van der Waals surface area contributed by atoms with Crippen molar-refractivity contribution in [2.45, 2.75) is 38.6 Å². The molecule has 1 heterocycles. The summed E-state index contributed by atoms with van der Waals surface area (Å²) in [6, 6.07) is 12.8. The fourth-order valence-electron chi connectivity index (χ4n) is 4.17. The van der Waals surface area contributed by atoms with Crippen LogP contribution in [0, 0.1) is 13.8 Å². The number of anilines is 1. The summed E-state index contributed by atoms with van der Waals surface area (Å²) in [6.45, 7) is 3.58. The molecule has 1 atom stereocenters. The fraction of sp³-hybridized carbons (Fsp3) is 0.318. The van der Waals surface area contributed by atoms with Gasteiger partial charge in [0.1, 0.15) is 12.1 Å². The molecule has 6 heteroatoms. The van der Waals surface area contributed by atoms with Crippen LogP contribution in [-0.2, 0) is 21.5 Å². The number of carbonyl (C=O) groups excluding carboxylic acids is 3. The minimum atomic E-state index is -1.05. The third-order valence-corrected chi connectivity index (χ3v) is 5.83. The summed E-state index contributed by atoms with van der Waals surface area (Å²) in [6.07, 6.45) is 2.24. The molecule has 0 unspecified atom stereocenters. The van der Waals surface area contributed by atoms with Gasteiger partial charge in [0, 0.05) is 5.69 Å². The molecule has 1 spiro atoms. The molecule has 2 aromatic rings. The van der Waals surface area contributed by atoms with Crippen molar-refractivity contribution in [3.8, 4) is 0 Å². The van der Waals surface area contributed by atoms with Crippen LogP contribution in [-0.4, -0.2) is 29.3 Å². The van der Waals surface area contributed by atoms with Crippen molar-refractivity contribution in [2.75, 3.05) is 11.9 Å². The van der Waals surface area contributed by atoms with Crippen molar-refractivity contribution in [3.05, 3.63) is 64.7 Å². The Balaban J connectivity index is 1.56. The summed E-state index contributed by atoms with van der Waals surface area (Å²) in [7, 11) is 0. The molecule has 2 aliphatic rings. The first-order valence-electron chi connectivity index (χ1n) is 9.51. The van der Waals surface area contributed by atoms with Crippen LogP contribution in [0.3, 0.4) is 0 Å². The highest BCUT2D eigenvalue weighted by Crippen LogP contribution is 2.39. The van der Waals surface area contributed by atoms with Gasteiger partial charge in [-0.2, -0.15) is 0 Å². The van der Waals surface area contributed by atoms with E-state index in [1.165, 1.54) is 0 Å². The molecule has 0 radical (unpaired) electrons. The lowest BCUT2D eigenvalue weighted by Crippen LogP contribution is -2.47. The maximum absolute atomic E-state index is 13.2. The molecule has 1 saturated heterocycles. The topological polar surface area (TPSA) is 78.5 Å². The van der Waals surface area contributed by atoms with E-state index in [9.17, 15) is 14.4 Å². The molecule has 0 bridgehead atoms. The third-order valence-electron chi connectivity index (χ3n) is 5.83. The third kappa shape index (κ3) is 2.85. The zero-order valence-corrected chi connectivity index (χ0v) is 16.0. The van der Waals surface area contributed by atoms with Gasteiger partial charge in [0.15, 0.2) is 0 Å². The lowest BCUT2D eigenvalue weighted by Gasteiger charge is -2.33. The van der Waals surface area contributed by atoms with Crippen LogP contribution in [0.2, 0.25) is 0 Å². The number of nitrogens with one attached hydrogen (secondary N) is 2. The number of rotatable bonds is 3. The van der Waals surface area contributed by atoms with Crippen molar-refractivity contribution in [1.82, 2.24) is 10.2 Å². The van der Waals surface area contributed by atoms with E-state index in [0.29, 0.717) is 12.1 Å². The number of hydrogen-bond donors (Lipinski definition) is 2. The van der Waals surface area contributed by atoms with Crippen LogP contribution in [0.4, 0.5) is 10.5 Å². The largest absolute Gasteiger partial charge is 0.325 e. The number of benzene rings is 2. The lowest BCUT2D eigenvalue weighted by atomic mass is 9.76. The Labute approximate surface area is 163 Å². The van der Waals surface area contributed by atoms with Gasteiger partial charge in [-0.05, 0) is 61.4 Å². The van der Waals surface area contributed by atoms with Crippen molar-refractivity contribution < 1.29 is 14.4 Å². The van der Waals surface area contributed by atoms with Gasteiger partial charge in [0.25, 0.3) is 5.91 Å². The molecule has 0 saturated carbocycles. The molecule has 1 fully saturated rings. The van der Waals surface area contributed by atoms with E-state index in [0.717, 1.165) is 40.0 Å². The number of nitrogens with zero attached hydrogens (tertiary/aromatic N) is 1. The van der Waals surface area contributed by atoms with Gasteiger partial charge in [0.05, 0.1) is 0 Å². The van der Waals surface area contributed by atoms with E-state index < -0.39 is 17.5 Å². The number of imide groups is 1. The first-order valence-corrected chi connectivity index (χ1v) is 9.51. The number of hydrogen-bond acceptors (Lipinski definition) is 3. The number of carbonyl (C=O) groups is 3. The average Bonchev–Trinajstić information content (AvgIpc) is 2.91. The highest BCUT2D eigenvalue weighted by atomic mass is 16.2. The molecule has 1 aliphatic heterocycles. The zero-order valence-electron chi connectivity index (χ0n) is 16.0. The van der Waals surface area contributed by atoms with Crippen LogP contribution >= 0.6 is 0 Å². The number of urea groups is 1. The molecular weight excluding hydrogens is 354 g/mol. The van der Waals surface area contributed by atoms with Gasteiger partial charge in [-0.15, -0.1) is 0 Å². The fourth-order valence-corrected chi connectivity index (χ4v) is 4.17. The van der Waals surface area contributed by atoms with Crippen LogP contribution in [0.5, 0.6) is 0 Å². The summed E-state index contributed by atoms with van der Waals surface area (Å²) in [4.78, 5) is 39.4. The smallest absolute Gasteiger partial charge is 0.324 e. The molecule has 2 N–H and O–H groups in total. The van der Waals surface area contributed by atoms with Gasteiger partial charge < -0.3 is 10.6 Å². The molecule has 6 nitrogen and oxygen atoms in total. The Bertz CT molecular complexity index is 985. The van der Waals surface area contributed by atoms with E-state index in [1.807, 2.05) is 56.3 Å². The Morgan fingerprint density at radius 2 is 1.93 bits per heavy atom. The van der Waals surface area contributed by atoms with E-state index in [2.05, 4.69) is 10.6 Å². The van der Waals surface area contributed by atoms with Gasteiger partial charge in [0.2, 0.25) is 5.91 Å². The summed E-state index contributed by atoms with van der Waals surface area (Å²) in [5.41, 5.74) is 3.58. The molecule has 4 amide bonds. The Hall–Kier alpha value is -3.15. The molecule has 2 aromatic carbocycles. The predicted molar refractivity (Wildman–Crippen MR) is 106 cm³/mol. The summed E-state index contributed by atoms with van der Waals surface area (Å²) >= 11 is 0. The van der Waals surface area contributed by atoms with E-state index >= 15 is 0 Å². The molecule has 144 valence electrons. The first kappa shape index (κ1) is 18.2. The molecule has 28 heavy (non-hydrogen) atoms. The second-order valence-electron chi connectivity index (χ2n) is 7.53. The van der Waals surface area contributed by atoms with Crippen LogP contribution in [0.25, 0.3) is 0 Å². The molecule has 4 rings (SSSR count). The summed E-state index contributed by atoms with van der Waals surface area (Å²) < 4.78 is 0. The number of fused-ring (bicyclic) bond motifs is 2. The molecule has 0 aromatic heterocycles. The Morgan fingerprint density at radius 1 is 1.14 bits per heavy atom. The SMILES string of the molecule is Cc1cccc(NC(=O)CN2C(=O)N[C@]3(CCCc4ccccc43)C2=O)c1C. The standard InChI is InChI=1S/C22H23N3O3/c1-14-7-5-11-18(15(14)2)23-19(26)13-25-20(27)22(24-21(25)28)12-6-9-16-8-3-4-10-17(16)22/h3-5,7-8,10-11H,6,9,12-13H2,1-2H3,(H,23,26)(H,24,28)/t22-/m0/s1. The van der Waals surface area contributed by atoms with E-state index in [-0.39, 0.29) is 12.5 Å². The van der Waals surface area contributed by atoms with Gasteiger partial charge in [-0.3, -0.25) is 14.5 Å². The second kappa shape index (κ2) is 6.78. The maximum Gasteiger partial charge on any atom is 0.325 e. The Kier molecular flexibility index (Phi) is 4.41.